The first-order valence-corrected chi connectivity index (χ1v) is 8.87. The van der Waals surface area contributed by atoms with E-state index in [0.29, 0.717) is 13.2 Å². The molecule has 2 atom stereocenters. The number of allylic oxidation sites excluding steroid dienone is 1. The van der Waals surface area contributed by atoms with Crippen LogP contribution in [0.2, 0.25) is 0 Å². The highest BCUT2D eigenvalue weighted by Gasteiger charge is 2.31. The first kappa shape index (κ1) is 18.9. The summed E-state index contributed by atoms with van der Waals surface area (Å²) < 4.78 is 5.46. The van der Waals surface area contributed by atoms with Gasteiger partial charge in [0.2, 0.25) is 0 Å². The molecular weight excluding hydrogens is 314 g/mol. The van der Waals surface area contributed by atoms with Gasteiger partial charge in [0.05, 0.1) is 18.4 Å². The van der Waals surface area contributed by atoms with E-state index in [0.717, 1.165) is 36.3 Å². The number of ether oxygens (including phenoxy) is 1. The molecule has 2 rings (SSSR count). The molecule has 0 aliphatic heterocycles. The Balaban J connectivity index is 2.13. The Hall–Kier alpha value is -2.48. The minimum absolute atomic E-state index is 0.0377. The lowest BCUT2D eigenvalue weighted by Gasteiger charge is -2.28. The number of nitrogens with one attached hydrogen (secondary N) is 1. The summed E-state index contributed by atoms with van der Waals surface area (Å²) in [5.74, 6) is 0.849. The predicted octanol–water partition coefficient (Wildman–Crippen LogP) is 4.46. The highest BCUT2D eigenvalue weighted by Crippen LogP contribution is 2.29. The molecule has 0 bridgehead atoms. The van der Waals surface area contributed by atoms with E-state index in [1.165, 1.54) is 0 Å². The van der Waals surface area contributed by atoms with Gasteiger partial charge in [-0.1, -0.05) is 18.2 Å². The number of rotatable bonds is 6. The zero-order valence-corrected chi connectivity index (χ0v) is 15.3. The predicted molar refractivity (Wildman–Crippen MR) is 99.0 cm³/mol. The number of anilines is 1. The van der Waals surface area contributed by atoms with Crippen LogP contribution in [0.4, 0.5) is 10.5 Å². The van der Waals surface area contributed by atoms with Crippen LogP contribution < -0.4 is 5.32 Å². The van der Waals surface area contributed by atoms with Crippen molar-refractivity contribution in [3.8, 4) is 6.07 Å². The summed E-state index contributed by atoms with van der Waals surface area (Å²) in [4.78, 5) is 14.7. The molecule has 0 aromatic heterocycles. The van der Waals surface area contributed by atoms with Gasteiger partial charge in [-0.05, 0) is 57.7 Å². The molecular formula is C20H27N3O2. The van der Waals surface area contributed by atoms with Crippen LogP contribution in [-0.2, 0) is 4.74 Å². The van der Waals surface area contributed by atoms with Crippen molar-refractivity contribution >= 4 is 11.7 Å². The van der Waals surface area contributed by atoms with Crippen LogP contribution in [0.1, 0.15) is 38.7 Å². The molecule has 5 heteroatoms. The van der Waals surface area contributed by atoms with Crippen LogP contribution in [0, 0.1) is 24.2 Å². The third kappa shape index (κ3) is 5.25. The molecule has 1 aromatic rings. The second-order valence-electron chi connectivity index (χ2n) is 6.44. The summed E-state index contributed by atoms with van der Waals surface area (Å²) in [6.45, 7) is 6.90. The van der Waals surface area contributed by atoms with E-state index in [1.807, 2.05) is 56.0 Å². The SMILES string of the molecule is CCO/C(C)=C/CN(C(=O)Nc1ccccc1C)C1CCC(C#N)C1. The molecule has 2 unspecified atom stereocenters. The van der Waals surface area contributed by atoms with Gasteiger partial charge in [-0.3, -0.25) is 0 Å². The number of benzene rings is 1. The lowest BCUT2D eigenvalue weighted by molar-refractivity contribution is 0.192. The van der Waals surface area contributed by atoms with Gasteiger partial charge in [0.15, 0.2) is 0 Å². The van der Waals surface area contributed by atoms with E-state index >= 15 is 0 Å². The molecule has 1 aromatic carbocycles. The van der Waals surface area contributed by atoms with Crippen molar-refractivity contribution in [2.75, 3.05) is 18.5 Å². The van der Waals surface area contributed by atoms with Gasteiger partial charge in [-0.15, -0.1) is 0 Å². The van der Waals surface area contributed by atoms with Crippen LogP contribution in [-0.4, -0.2) is 30.1 Å². The van der Waals surface area contributed by atoms with E-state index in [2.05, 4.69) is 11.4 Å². The Morgan fingerprint density at radius 3 is 2.84 bits per heavy atom. The molecule has 0 heterocycles. The second kappa shape index (κ2) is 9.12. The Kier molecular flexibility index (Phi) is 6.88. The Bertz CT molecular complexity index is 663. The number of nitrogens with zero attached hydrogens (tertiary/aromatic N) is 2. The monoisotopic (exact) mass is 341 g/mol. The van der Waals surface area contributed by atoms with Gasteiger partial charge in [0.25, 0.3) is 0 Å². The van der Waals surface area contributed by atoms with Crippen molar-refractivity contribution in [3.05, 3.63) is 41.7 Å². The fraction of sp³-hybridized carbons (Fsp3) is 0.500. The summed E-state index contributed by atoms with van der Waals surface area (Å²) in [7, 11) is 0. The minimum atomic E-state index is -0.126. The number of urea groups is 1. The first-order valence-electron chi connectivity index (χ1n) is 8.87. The Labute approximate surface area is 150 Å². The van der Waals surface area contributed by atoms with Crippen LogP contribution in [0.25, 0.3) is 0 Å². The van der Waals surface area contributed by atoms with Gasteiger partial charge in [0, 0.05) is 24.2 Å². The Morgan fingerprint density at radius 2 is 2.20 bits per heavy atom. The summed E-state index contributed by atoms with van der Waals surface area (Å²) >= 11 is 0. The fourth-order valence-electron chi connectivity index (χ4n) is 3.17. The number of amides is 2. The molecule has 1 aliphatic rings. The molecule has 25 heavy (non-hydrogen) atoms. The number of nitriles is 1. The van der Waals surface area contributed by atoms with Crippen LogP contribution >= 0.6 is 0 Å². The topological polar surface area (TPSA) is 65.4 Å². The largest absolute Gasteiger partial charge is 0.499 e. The number of carbonyl (C=O) groups excluding carboxylic acids is 1. The lowest BCUT2D eigenvalue weighted by atomic mass is 10.1. The standard InChI is InChI=1S/C20H27N3O2/c1-4-25-16(3)11-12-23(18-10-9-17(13-18)14-21)20(24)22-19-8-6-5-7-15(19)2/h5-8,11,17-18H,4,9-10,12-13H2,1-3H3,(H,22,24)/b16-11+. The number of para-hydroxylation sites is 1. The molecule has 0 radical (unpaired) electrons. The normalized spacial score (nSPS) is 20.0. The van der Waals surface area contributed by atoms with Crippen molar-refractivity contribution in [3.63, 3.8) is 0 Å². The van der Waals surface area contributed by atoms with Crippen LogP contribution in [0.3, 0.4) is 0 Å². The van der Waals surface area contributed by atoms with E-state index < -0.39 is 0 Å². The number of hydrogen-bond donors (Lipinski definition) is 1. The minimum Gasteiger partial charge on any atom is -0.499 e. The van der Waals surface area contributed by atoms with Crippen molar-refractivity contribution in [2.24, 2.45) is 5.92 Å². The number of carbonyl (C=O) groups is 1. The average Bonchev–Trinajstić information content (AvgIpc) is 3.06. The molecule has 5 nitrogen and oxygen atoms in total. The fourth-order valence-corrected chi connectivity index (χ4v) is 3.17. The first-order chi connectivity index (χ1) is 12.0. The van der Waals surface area contributed by atoms with Gasteiger partial charge in [-0.25, -0.2) is 4.79 Å². The van der Waals surface area contributed by atoms with Gasteiger partial charge in [-0.2, -0.15) is 5.26 Å². The lowest BCUT2D eigenvalue weighted by Crippen LogP contribution is -2.42. The summed E-state index contributed by atoms with van der Waals surface area (Å²) in [6.07, 6.45) is 4.38. The van der Waals surface area contributed by atoms with E-state index in [4.69, 9.17) is 10.00 Å². The zero-order chi connectivity index (χ0) is 18.2. The third-order valence-electron chi connectivity index (χ3n) is 4.62. The Morgan fingerprint density at radius 1 is 1.44 bits per heavy atom. The zero-order valence-electron chi connectivity index (χ0n) is 15.3. The molecule has 0 spiro atoms. The quantitative estimate of drug-likeness (QED) is 0.777. The maximum absolute atomic E-state index is 12.9. The van der Waals surface area contributed by atoms with Gasteiger partial charge >= 0.3 is 6.03 Å². The van der Waals surface area contributed by atoms with Crippen molar-refractivity contribution < 1.29 is 9.53 Å². The molecule has 1 aliphatic carbocycles. The summed E-state index contributed by atoms with van der Waals surface area (Å²) in [5.41, 5.74) is 1.84. The average molecular weight is 341 g/mol. The van der Waals surface area contributed by atoms with Gasteiger partial charge in [0.1, 0.15) is 0 Å². The molecule has 1 saturated carbocycles. The third-order valence-corrected chi connectivity index (χ3v) is 4.62. The van der Waals surface area contributed by atoms with Crippen LogP contribution in [0.5, 0.6) is 0 Å². The molecule has 0 saturated heterocycles. The molecule has 1 fully saturated rings. The van der Waals surface area contributed by atoms with E-state index in [1.54, 1.807) is 0 Å². The second-order valence-corrected chi connectivity index (χ2v) is 6.44. The van der Waals surface area contributed by atoms with Crippen molar-refractivity contribution in [2.45, 2.75) is 46.1 Å². The summed E-state index contributed by atoms with van der Waals surface area (Å²) in [6, 6.07) is 10.0. The van der Waals surface area contributed by atoms with Crippen molar-refractivity contribution in [1.29, 1.82) is 5.26 Å². The number of aryl methyl sites for hydroxylation is 1. The number of hydrogen-bond acceptors (Lipinski definition) is 3. The maximum Gasteiger partial charge on any atom is 0.322 e. The maximum atomic E-state index is 12.9. The summed E-state index contributed by atoms with van der Waals surface area (Å²) in [5, 5.41) is 12.2. The highest BCUT2D eigenvalue weighted by molar-refractivity contribution is 5.90. The highest BCUT2D eigenvalue weighted by atomic mass is 16.5. The van der Waals surface area contributed by atoms with Crippen LogP contribution in [0.15, 0.2) is 36.1 Å². The smallest absolute Gasteiger partial charge is 0.322 e. The molecule has 2 amide bonds. The van der Waals surface area contributed by atoms with E-state index in [9.17, 15) is 4.79 Å². The van der Waals surface area contributed by atoms with Crippen molar-refractivity contribution in [1.82, 2.24) is 4.90 Å². The molecule has 134 valence electrons. The molecule has 1 N–H and O–H groups in total. The van der Waals surface area contributed by atoms with E-state index in [-0.39, 0.29) is 18.0 Å². The van der Waals surface area contributed by atoms with Gasteiger partial charge < -0.3 is 15.0 Å².